The van der Waals surface area contributed by atoms with Crippen molar-refractivity contribution in [3.8, 4) is 0 Å². The summed E-state index contributed by atoms with van der Waals surface area (Å²) in [6.07, 6.45) is -10.9. The van der Waals surface area contributed by atoms with Gasteiger partial charge in [-0.2, -0.15) is 26.3 Å². The highest BCUT2D eigenvalue weighted by atomic mass is 32.2. The number of rotatable bonds is 4. The van der Waals surface area contributed by atoms with Crippen LogP contribution in [0.2, 0.25) is 0 Å². The maximum atomic E-state index is 14.2. The van der Waals surface area contributed by atoms with Gasteiger partial charge in [-0.3, -0.25) is 9.59 Å². The van der Waals surface area contributed by atoms with Crippen LogP contribution in [-0.2, 0) is 15.7 Å². The molecule has 2 aliphatic rings. The zero-order valence-electron chi connectivity index (χ0n) is 18.7. The molecular weight excluding hydrogens is 515 g/mol. The van der Waals surface area contributed by atoms with Gasteiger partial charge in [-0.15, -0.1) is 0 Å². The maximum absolute atomic E-state index is 14.2. The van der Waals surface area contributed by atoms with Crippen LogP contribution < -0.4 is 5.32 Å². The van der Waals surface area contributed by atoms with E-state index in [9.17, 15) is 40.3 Å². The summed E-state index contributed by atoms with van der Waals surface area (Å²) in [7, 11) is 1.44. The summed E-state index contributed by atoms with van der Waals surface area (Å²) < 4.78 is 97.1. The quantitative estimate of drug-likeness (QED) is 0.341. The number of benzene rings is 2. The van der Waals surface area contributed by atoms with Gasteiger partial charge in [-0.05, 0) is 65.9 Å². The van der Waals surface area contributed by atoms with Crippen LogP contribution in [-0.4, -0.2) is 48.2 Å². The van der Waals surface area contributed by atoms with Crippen LogP contribution in [0, 0.1) is 12.7 Å². The van der Waals surface area contributed by atoms with E-state index in [1.165, 1.54) is 30.1 Å². The summed E-state index contributed by atoms with van der Waals surface area (Å²) in [5, 5.41) is 2.44. The molecule has 2 amide bonds. The standard InChI is InChI=1S/C23H18F7N3O2S/c1-11-5-12(3-4-16(11)20(35)33-10-18(33)19(34)31-2)17-9-21(36-32-17,23(28,29)30)13-6-14(22(25,26)27)8-15(24)7-13/h3-8,18H,9-10H2,1-2H3,(H,31,34). The molecule has 2 aromatic carbocycles. The molecule has 0 spiro atoms. The van der Waals surface area contributed by atoms with Gasteiger partial charge in [0.15, 0.2) is 4.75 Å². The summed E-state index contributed by atoms with van der Waals surface area (Å²) in [4.78, 5) is 25.7. The zero-order chi connectivity index (χ0) is 26.6. The highest BCUT2D eigenvalue weighted by molar-refractivity contribution is 7.99. The first-order valence-corrected chi connectivity index (χ1v) is 11.3. The number of amides is 2. The lowest BCUT2D eigenvalue weighted by Gasteiger charge is -2.30. The molecule has 2 aliphatic heterocycles. The third-order valence-corrected chi connectivity index (χ3v) is 7.32. The molecule has 0 bridgehead atoms. The Morgan fingerprint density at radius 2 is 1.81 bits per heavy atom. The fourth-order valence-corrected chi connectivity index (χ4v) is 5.00. The van der Waals surface area contributed by atoms with Crippen molar-refractivity contribution in [1.82, 2.24) is 10.2 Å². The molecule has 1 N–H and O–H groups in total. The Hall–Kier alpha value is -3.09. The fourth-order valence-electron chi connectivity index (χ4n) is 4.04. The first-order valence-electron chi connectivity index (χ1n) is 10.5. The molecular formula is C23H18F7N3O2S. The number of hydrogen-bond acceptors (Lipinski definition) is 4. The van der Waals surface area contributed by atoms with Crippen molar-refractivity contribution in [2.24, 2.45) is 4.40 Å². The topological polar surface area (TPSA) is 61.5 Å². The second kappa shape index (κ2) is 8.79. The SMILES string of the molecule is CNC(=O)C1CN1C(=O)c1ccc(C2=NSC(c3cc(F)cc(C(F)(F)F)c3)(C(F)(F)F)C2)cc1C. The molecule has 1 saturated heterocycles. The summed E-state index contributed by atoms with van der Waals surface area (Å²) in [6.45, 7) is 1.81. The van der Waals surface area contributed by atoms with Gasteiger partial charge in [0.2, 0.25) is 5.91 Å². The number of carbonyl (C=O) groups is 2. The smallest absolute Gasteiger partial charge is 0.357 e. The first-order chi connectivity index (χ1) is 16.7. The van der Waals surface area contributed by atoms with Crippen molar-refractivity contribution in [2.75, 3.05) is 13.6 Å². The lowest BCUT2D eigenvalue weighted by molar-refractivity contribution is -0.160. The Bertz CT molecular complexity index is 1280. The van der Waals surface area contributed by atoms with E-state index in [1.807, 2.05) is 0 Å². The Labute approximate surface area is 204 Å². The van der Waals surface area contributed by atoms with Gasteiger partial charge in [0.05, 0.1) is 17.8 Å². The van der Waals surface area contributed by atoms with Crippen molar-refractivity contribution in [3.05, 3.63) is 70.0 Å². The third-order valence-electron chi connectivity index (χ3n) is 6.09. The number of hydrogen-bond donors (Lipinski definition) is 1. The van der Waals surface area contributed by atoms with Crippen molar-refractivity contribution in [1.29, 1.82) is 0 Å². The highest BCUT2D eigenvalue weighted by Crippen LogP contribution is 2.57. The molecule has 13 heteroatoms. The van der Waals surface area contributed by atoms with Crippen molar-refractivity contribution >= 4 is 29.5 Å². The van der Waals surface area contributed by atoms with Gasteiger partial charge >= 0.3 is 12.4 Å². The predicted molar refractivity (Wildman–Crippen MR) is 118 cm³/mol. The molecule has 1 fully saturated rings. The summed E-state index contributed by atoms with van der Waals surface area (Å²) in [6, 6.07) is 4.52. The molecule has 2 aromatic rings. The molecule has 0 radical (unpaired) electrons. The number of carbonyl (C=O) groups excluding carboxylic acids is 2. The van der Waals surface area contributed by atoms with Crippen LogP contribution in [0.3, 0.4) is 0 Å². The minimum absolute atomic E-state index is 0.0274. The molecule has 4 rings (SSSR count). The van der Waals surface area contributed by atoms with Crippen LogP contribution in [0.4, 0.5) is 30.7 Å². The molecule has 0 saturated carbocycles. The molecule has 5 nitrogen and oxygen atoms in total. The van der Waals surface area contributed by atoms with E-state index < -0.39 is 52.4 Å². The third kappa shape index (κ3) is 4.56. The average molecular weight is 533 g/mol. The van der Waals surface area contributed by atoms with Gasteiger partial charge in [0.1, 0.15) is 11.9 Å². The number of halogens is 7. The monoisotopic (exact) mass is 533 g/mol. The second-order valence-electron chi connectivity index (χ2n) is 8.47. The molecule has 0 aliphatic carbocycles. The Morgan fingerprint density at radius 3 is 2.39 bits per heavy atom. The van der Waals surface area contributed by atoms with Gasteiger partial charge in [-0.25, -0.2) is 8.79 Å². The van der Waals surface area contributed by atoms with Gasteiger partial charge in [0.25, 0.3) is 5.91 Å². The molecule has 2 atom stereocenters. The Balaban J connectivity index is 1.63. The number of likely N-dealkylation sites (N-methyl/N-ethyl adjacent to an activating group) is 1. The van der Waals surface area contributed by atoms with E-state index in [4.69, 9.17) is 0 Å². The maximum Gasteiger partial charge on any atom is 0.416 e. The largest absolute Gasteiger partial charge is 0.416 e. The van der Waals surface area contributed by atoms with Gasteiger partial charge in [0, 0.05) is 19.0 Å². The molecule has 0 aromatic heterocycles. The lowest BCUT2D eigenvalue weighted by atomic mass is 9.88. The highest BCUT2D eigenvalue weighted by Gasteiger charge is 2.60. The van der Waals surface area contributed by atoms with E-state index in [2.05, 4.69) is 9.71 Å². The number of alkyl halides is 6. The van der Waals surface area contributed by atoms with Crippen molar-refractivity contribution < 1.29 is 40.3 Å². The van der Waals surface area contributed by atoms with Crippen LogP contribution in [0.1, 0.15) is 39.0 Å². The first kappa shape index (κ1) is 26.0. The van der Waals surface area contributed by atoms with E-state index in [0.29, 0.717) is 17.7 Å². The van der Waals surface area contributed by atoms with E-state index >= 15 is 0 Å². The summed E-state index contributed by atoms with van der Waals surface area (Å²) in [5.41, 5.74) is -1.58. The van der Waals surface area contributed by atoms with Crippen LogP contribution in [0.15, 0.2) is 40.8 Å². The van der Waals surface area contributed by atoms with Gasteiger partial charge in [-0.1, -0.05) is 6.07 Å². The Morgan fingerprint density at radius 1 is 1.11 bits per heavy atom. The predicted octanol–water partition coefficient (Wildman–Crippen LogP) is 5.02. The minimum Gasteiger partial charge on any atom is -0.357 e. The van der Waals surface area contributed by atoms with Crippen LogP contribution >= 0.6 is 11.9 Å². The van der Waals surface area contributed by atoms with Crippen molar-refractivity contribution in [3.63, 3.8) is 0 Å². The fraction of sp³-hybridized carbons (Fsp3) is 0.348. The van der Waals surface area contributed by atoms with E-state index in [1.54, 1.807) is 6.92 Å². The second-order valence-corrected chi connectivity index (χ2v) is 9.54. The number of nitrogens with one attached hydrogen (secondary N) is 1. The number of nitrogens with zero attached hydrogens (tertiary/aromatic N) is 2. The lowest BCUT2D eigenvalue weighted by Crippen LogP contribution is -2.39. The Kier molecular flexibility index (Phi) is 6.34. The normalized spacial score (nSPS) is 21.9. The van der Waals surface area contributed by atoms with Crippen LogP contribution in [0.5, 0.6) is 0 Å². The summed E-state index contributed by atoms with van der Waals surface area (Å²) >= 11 is 0.0274. The molecule has 2 heterocycles. The average Bonchev–Trinajstić information content (AvgIpc) is 3.45. The summed E-state index contributed by atoms with van der Waals surface area (Å²) in [5.74, 6) is -2.18. The van der Waals surface area contributed by atoms with Crippen LogP contribution in [0.25, 0.3) is 0 Å². The molecule has 2 unspecified atom stereocenters. The molecule has 192 valence electrons. The van der Waals surface area contributed by atoms with Gasteiger partial charge < -0.3 is 10.2 Å². The zero-order valence-corrected chi connectivity index (χ0v) is 19.5. The van der Waals surface area contributed by atoms with E-state index in [-0.39, 0.29) is 47.3 Å². The minimum atomic E-state index is -5.06. The molecule has 36 heavy (non-hydrogen) atoms. The number of aryl methyl sites for hydroxylation is 1. The van der Waals surface area contributed by atoms with Crippen molar-refractivity contribution in [2.45, 2.75) is 36.5 Å². The van der Waals surface area contributed by atoms with E-state index in [0.717, 1.165) is 0 Å².